The van der Waals surface area contributed by atoms with E-state index in [1.54, 1.807) is 36.1 Å². The van der Waals surface area contributed by atoms with Crippen LogP contribution in [0.5, 0.6) is 5.75 Å². The van der Waals surface area contributed by atoms with Crippen LogP contribution in [0.25, 0.3) is 16.9 Å². The maximum absolute atomic E-state index is 9.36. The van der Waals surface area contributed by atoms with Gasteiger partial charge in [-0.05, 0) is 42.9 Å². The second-order valence-electron chi connectivity index (χ2n) is 4.62. The Hall–Kier alpha value is -2.65. The molecule has 3 aromatic rings. The Morgan fingerprint density at radius 1 is 1.43 bits per heavy atom. The van der Waals surface area contributed by atoms with Crippen LogP contribution in [0.1, 0.15) is 11.1 Å². The molecule has 5 nitrogen and oxygen atoms in total. The molecule has 0 atom stereocenters. The van der Waals surface area contributed by atoms with E-state index >= 15 is 0 Å². The van der Waals surface area contributed by atoms with E-state index in [0.717, 1.165) is 11.1 Å². The van der Waals surface area contributed by atoms with Gasteiger partial charge in [0.2, 0.25) is 0 Å². The van der Waals surface area contributed by atoms with Crippen molar-refractivity contribution in [2.45, 2.75) is 6.92 Å². The Labute approximate surface area is 126 Å². The van der Waals surface area contributed by atoms with Crippen molar-refractivity contribution < 1.29 is 4.74 Å². The molecular weight excluding hydrogens is 284 g/mol. The number of pyridine rings is 1. The number of aryl methyl sites for hydroxylation is 1. The quantitative estimate of drug-likeness (QED) is 0.737. The molecule has 0 aliphatic heterocycles. The molecule has 104 valence electrons. The van der Waals surface area contributed by atoms with Gasteiger partial charge in [0.05, 0.1) is 18.2 Å². The summed E-state index contributed by atoms with van der Waals surface area (Å²) in [4.78, 5) is 7.55. The number of benzene rings is 1. The van der Waals surface area contributed by atoms with Crippen LogP contribution in [0.3, 0.4) is 0 Å². The number of methoxy groups -OCH3 is 1. The monoisotopic (exact) mass is 296 g/mol. The number of nitriles is 1. The number of nitrogens with one attached hydrogen (secondary N) is 1. The van der Waals surface area contributed by atoms with Gasteiger partial charge in [0.15, 0.2) is 10.4 Å². The number of nitrogens with zero attached hydrogens (tertiary/aromatic N) is 3. The third-order valence-corrected chi connectivity index (χ3v) is 3.51. The van der Waals surface area contributed by atoms with E-state index < -0.39 is 0 Å². The zero-order chi connectivity index (χ0) is 15.0. The van der Waals surface area contributed by atoms with E-state index in [9.17, 15) is 5.26 Å². The summed E-state index contributed by atoms with van der Waals surface area (Å²) in [5, 5.41) is 9.36. The Bertz CT molecular complexity index is 933. The number of aromatic nitrogens is 3. The first-order valence-electron chi connectivity index (χ1n) is 6.30. The summed E-state index contributed by atoms with van der Waals surface area (Å²) in [6.07, 6.45) is 1.77. The van der Waals surface area contributed by atoms with Gasteiger partial charge >= 0.3 is 0 Å². The molecule has 0 radical (unpaired) electrons. The van der Waals surface area contributed by atoms with Crippen molar-refractivity contribution in [3.05, 3.63) is 46.4 Å². The average Bonchev–Trinajstić information content (AvgIpc) is 2.80. The first kappa shape index (κ1) is 13.3. The number of imidazole rings is 1. The van der Waals surface area contributed by atoms with E-state index in [1.165, 1.54) is 0 Å². The molecule has 0 aliphatic rings. The van der Waals surface area contributed by atoms with Crippen molar-refractivity contribution in [1.29, 1.82) is 5.26 Å². The lowest BCUT2D eigenvalue weighted by molar-refractivity contribution is 0.413. The van der Waals surface area contributed by atoms with Crippen molar-refractivity contribution in [1.82, 2.24) is 14.5 Å². The lowest BCUT2D eigenvalue weighted by atomic mass is 10.1. The predicted octanol–water partition coefficient (Wildman–Crippen LogP) is 3.27. The molecule has 21 heavy (non-hydrogen) atoms. The molecule has 2 aromatic heterocycles. The first-order valence-corrected chi connectivity index (χ1v) is 6.71. The van der Waals surface area contributed by atoms with Crippen LogP contribution < -0.4 is 4.74 Å². The average molecular weight is 296 g/mol. The highest BCUT2D eigenvalue weighted by Gasteiger charge is 2.16. The summed E-state index contributed by atoms with van der Waals surface area (Å²) in [7, 11) is 1.57. The van der Waals surface area contributed by atoms with Crippen LogP contribution >= 0.6 is 12.2 Å². The van der Waals surface area contributed by atoms with E-state index in [0.29, 0.717) is 27.4 Å². The summed E-state index contributed by atoms with van der Waals surface area (Å²) < 4.78 is 7.59. The summed E-state index contributed by atoms with van der Waals surface area (Å²) >= 11 is 5.40. The highest BCUT2D eigenvalue weighted by molar-refractivity contribution is 7.71. The standard InChI is InChI=1S/C15H12N4OS/c1-9-6-11-14(17-8-9)19(15(21)18-11)13-10(7-16)4-3-5-12(13)20-2/h3-6,8H,1-2H3,(H,18,21). The summed E-state index contributed by atoms with van der Waals surface area (Å²) in [5.41, 5.74) is 3.62. The zero-order valence-corrected chi connectivity index (χ0v) is 12.4. The van der Waals surface area contributed by atoms with Gasteiger partial charge in [-0.15, -0.1) is 0 Å². The molecule has 0 spiro atoms. The SMILES string of the molecule is COc1cccc(C#N)c1-n1c(=S)[nH]c2cc(C)cnc21. The van der Waals surface area contributed by atoms with Crippen molar-refractivity contribution in [2.24, 2.45) is 0 Å². The molecular formula is C15H12N4OS. The van der Waals surface area contributed by atoms with Gasteiger partial charge < -0.3 is 9.72 Å². The predicted molar refractivity (Wildman–Crippen MR) is 82.3 cm³/mol. The van der Waals surface area contributed by atoms with Crippen molar-refractivity contribution >= 4 is 23.4 Å². The third-order valence-electron chi connectivity index (χ3n) is 3.22. The molecule has 0 fully saturated rings. The molecule has 0 amide bonds. The van der Waals surface area contributed by atoms with Crippen LogP contribution in [-0.4, -0.2) is 21.6 Å². The van der Waals surface area contributed by atoms with E-state index in [4.69, 9.17) is 17.0 Å². The van der Waals surface area contributed by atoms with Crippen LogP contribution in [0.4, 0.5) is 0 Å². The molecule has 1 aromatic carbocycles. The minimum atomic E-state index is 0.476. The molecule has 1 N–H and O–H groups in total. The smallest absolute Gasteiger partial charge is 0.184 e. The number of aromatic amines is 1. The lowest BCUT2D eigenvalue weighted by Gasteiger charge is -2.11. The van der Waals surface area contributed by atoms with Crippen molar-refractivity contribution in [3.8, 4) is 17.5 Å². The number of rotatable bonds is 2. The van der Waals surface area contributed by atoms with Crippen LogP contribution in [-0.2, 0) is 0 Å². The zero-order valence-electron chi connectivity index (χ0n) is 11.5. The minimum Gasteiger partial charge on any atom is -0.495 e. The largest absolute Gasteiger partial charge is 0.495 e. The van der Waals surface area contributed by atoms with Gasteiger partial charge in [0.1, 0.15) is 17.5 Å². The number of para-hydroxylation sites is 1. The van der Waals surface area contributed by atoms with Crippen LogP contribution in [0.15, 0.2) is 30.5 Å². The number of hydrogen-bond donors (Lipinski definition) is 1. The normalized spacial score (nSPS) is 10.5. The fraction of sp³-hybridized carbons (Fsp3) is 0.133. The Kier molecular flexibility index (Phi) is 3.20. The Balaban J connectivity index is 2.44. The van der Waals surface area contributed by atoms with Gasteiger partial charge in [-0.1, -0.05) is 6.07 Å². The highest BCUT2D eigenvalue weighted by atomic mass is 32.1. The molecule has 3 rings (SSSR count). The van der Waals surface area contributed by atoms with Crippen LogP contribution in [0.2, 0.25) is 0 Å². The molecule has 0 unspecified atom stereocenters. The highest BCUT2D eigenvalue weighted by Crippen LogP contribution is 2.29. The third kappa shape index (κ3) is 2.08. The maximum atomic E-state index is 9.36. The van der Waals surface area contributed by atoms with Crippen molar-refractivity contribution in [3.63, 3.8) is 0 Å². The molecule has 0 saturated heterocycles. The van der Waals surface area contributed by atoms with Crippen LogP contribution in [0, 0.1) is 23.0 Å². The molecule has 6 heteroatoms. The molecule has 0 aliphatic carbocycles. The summed E-state index contributed by atoms with van der Waals surface area (Å²) in [5.74, 6) is 0.577. The molecule has 0 bridgehead atoms. The Morgan fingerprint density at radius 3 is 2.95 bits per heavy atom. The summed E-state index contributed by atoms with van der Waals surface area (Å²) in [6, 6.07) is 9.44. The number of ether oxygens (including phenoxy) is 1. The topological polar surface area (TPSA) is 66.6 Å². The fourth-order valence-electron chi connectivity index (χ4n) is 2.31. The second-order valence-corrected chi connectivity index (χ2v) is 5.00. The van der Waals surface area contributed by atoms with Gasteiger partial charge in [0.25, 0.3) is 0 Å². The Morgan fingerprint density at radius 2 is 2.24 bits per heavy atom. The fourth-order valence-corrected chi connectivity index (χ4v) is 2.60. The number of H-pyrrole nitrogens is 1. The molecule has 2 heterocycles. The molecule has 0 saturated carbocycles. The van der Waals surface area contributed by atoms with E-state index in [1.807, 2.05) is 13.0 Å². The van der Waals surface area contributed by atoms with Gasteiger partial charge in [-0.25, -0.2) is 4.98 Å². The minimum absolute atomic E-state index is 0.476. The summed E-state index contributed by atoms with van der Waals surface area (Å²) in [6.45, 7) is 1.96. The van der Waals surface area contributed by atoms with Crippen molar-refractivity contribution in [2.75, 3.05) is 7.11 Å². The van der Waals surface area contributed by atoms with Gasteiger partial charge in [-0.2, -0.15) is 5.26 Å². The van der Waals surface area contributed by atoms with Gasteiger partial charge in [-0.3, -0.25) is 4.57 Å². The number of fused-ring (bicyclic) bond motifs is 1. The van der Waals surface area contributed by atoms with E-state index in [-0.39, 0.29) is 0 Å². The lowest BCUT2D eigenvalue weighted by Crippen LogP contribution is -2.02. The first-order chi connectivity index (χ1) is 10.2. The maximum Gasteiger partial charge on any atom is 0.184 e. The van der Waals surface area contributed by atoms with E-state index in [2.05, 4.69) is 16.0 Å². The number of hydrogen-bond acceptors (Lipinski definition) is 4. The van der Waals surface area contributed by atoms with Gasteiger partial charge in [0, 0.05) is 6.20 Å². The second kappa shape index (κ2) is 5.04.